The average molecular weight is 599 g/mol. The summed E-state index contributed by atoms with van der Waals surface area (Å²) >= 11 is 0. The standard InChI is InChI=1S/C41H58O3/c1-4-5-6-8-32-12-18-37(19-13-32)39-24-26-40(27-25-39)38-22-16-34(17-23-38)11-10-33-14-20-36(21-15-33)35(28-29-42)9-7-30-44-41(43)31(2)3/h10-13,18-19,24-27,33-36,38,42H,2,4-9,14-17,20-23,28-30H2,1,3H3/b11-10+. The summed E-state index contributed by atoms with van der Waals surface area (Å²) in [5.41, 5.74) is 6.07. The van der Waals surface area contributed by atoms with Crippen LogP contribution in [0, 0.1) is 23.7 Å². The van der Waals surface area contributed by atoms with Crippen LogP contribution in [0.2, 0.25) is 0 Å². The second kappa shape index (κ2) is 18.4. The van der Waals surface area contributed by atoms with Crippen LogP contribution in [0.5, 0.6) is 0 Å². The monoisotopic (exact) mass is 598 g/mol. The van der Waals surface area contributed by atoms with Crippen LogP contribution in [0.1, 0.15) is 121 Å². The third-order valence-electron chi connectivity index (χ3n) is 10.4. The molecule has 2 aliphatic rings. The first-order chi connectivity index (χ1) is 21.5. The Bertz CT molecular complexity index is 1150. The van der Waals surface area contributed by atoms with Gasteiger partial charge in [0.1, 0.15) is 0 Å². The van der Waals surface area contributed by atoms with E-state index in [0.717, 1.165) is 25.2 Å². The summed E-state index contributed by atoms with van der Waals surface area (Å²) < 4.78 is 5.28. The Morgan fingerprint density at radius 1 is 0.841 bits per heavy atom. The highest BCUT2D eigenvalue weighted by molar-refractivity contribution is 5.86. The Hall–Kier alpha value is -2.65. The number of aryl methyl sites for hydroxylation is 1. The molecule has 2 saturated carbocycles. The number of hydrogen-bond donors (Lipinski definition) is 1. The normalized spacial score (nSPS) is 23.0. The summed E-state index contributed by atoms with van der Waals surface area (Å²) in [6.07, 6.45) is 23.1. The van der Waals surface area contributed by atoms with Gasteiger partial charge in [-0.05, 0) is 142 Å². The fourth-order valence-corrected chi connectivity index (χ4v) is 7.57. The van der Waals surface area contributed by atoms with Gasteiger partial charge in [-0.3, -0.25) is 0 Å². The summed E-state index contributed by atoms with van der Waals surface area (Å²) in [6, 6.07) is 18.6. The molecule has 0 heterocycles. The first kappa shape index (κ1) is 34.2. The average Bonchev–Trinajstić information content (AvgIpc) is 3.06. The highest BCUT2D eigenvalue weighted by atomic mass is 16.5. The SMILES string of the molecule is C=C(C)C(=O)OCCCC(CCO)C1CCC(/C=C/C2CCC(c3ccc(-c4ccc(CCCCC)cc4)cc3)CC2)CC1. The molecule has 0 radical (unpaired) electrons. The zero-order valence-corrected chi connectivity index (χ0v) is 27.7. The summed E-state index contributed by atoms with van der Waals surface area (Å²) in [7, 11) is 0. The van der Waals surface area contributed by atoms with E-state index in [-0.39, 0.29) is 12.6 Å². The quantitative estimate of drug-likeness (QED) is 0.0905. The van der Waals surface area contributed by atoms with Gasteiger partial charge in [-0.15, -0.1) is 0 Å². The minimum Gasteiger partial charge on any atom is -0.462 e. The van der Waals surface area contributed by atoms with Crippen LogP contribution in [0.25, 0.3) is 11.1 Å². The zero-order valence-electron chi connectivity index (χ0n) is 27.7. The molecule has 2 aromatic rings. The maximum Gasteiger partial charge on any atom is 0.333 e. The molecule has 0 amide bonds. The van der Waals surface area contributed by atoms with E-state index in [1.54, 1.807) is 6.92 Å². The Balaban J connectivity index is 1.16. The minimum absolute atomic E-state index is 0.246. The fraction of sp³-hybridized carbons (Fsp3) is 0.585. The number of allylic oxidation sites excluding steroid dienone is 2. The van der Waals surface area contributed by atoms with Crippen LogP contribution in [-0.2, 0) is 16.0 Å². The number of esters is 1. The predicted molar refractivity (Wildman–Crippen MR) is 185 cm³/mol. The van der Waals surface area contributed by atoms with Crippen molar-refractivity contribution < 1.29 is 14.6 Å². The molecule has 0 aliphatic heterocycles. The van der Waals surface area contributed by atoms with E-state index in [4.69, 9.17) is 4.74 Å². The third-order valence-corrected chi connectivity index (χ3v) is 10.4. The molecule has 4 rings (SSSR count). The number of carbonyl (C=O) groups excluding carboxylic acids is 1. The maximum atomic E-state index is 11.6. The maximum absolute atomic E-state index is 11.6. The molecular formula is C41H58O3. The van der Waals surface area contributed by atoms with E-state index in [0.29, 0.717) is 35.9 Å². The Morgan fingerprint density at radius 2 is 1.43 bits per heavy atom. The molecule has 0 bridgehead atoms. The Kier molecular flexibility index (Phi) is 14.3. The van der Waals surface area contributed by atoms with Crippen molar-refractivity contribution in [2.45, 2.75) is 116 Å². The minimum atomic E-state index is -0.298. The number of benzene rings is 2. The number of aliphatic hydroxyl groups is 1. The largest absolute Gasteiger partial charge is 0.462 e. The third kappa shape index (κ3) is 10.8. The fourth-order valence-electron chi connectivity index (χ4n) is 7.57. The van der Waals surface area contributed by atoms with Crippen molar-refractivity contribution in [2.24, 2.45) is 23.7 Å². The van der Waals surface area contributed by atoms with Crippen molar-refractivity contribution in [1.82, 2.24) is 0 Å². The van der Waals surface area contributed by atoms with E-state index < -0.39 is 0 Å². The van der Waals surface area contributed by atoms with Crippen LogP contribution in [0.15, 0.2) is 72.8 Å². The zero-order chi connectivity index (χ0) is 31.1. The molecule has 2 aliphatic carbocycles. The van der Waals surface area contributed by atoms with Crippen LogP contribution in [-0.4, -0.2) is 24.3 Å². The van der Waals surface area contributed by atoms with Gasteiger partial charge in [0.25, 0.3) is 0 Å². The van der Waals surface area contributed by atoms with E-state index in [2.05, 4.69) is 74.2 Å². The molecular weight excluding hydrogens is 540 g/mol. The van der Waals surface area contributed by atoms with Crippen molar-refractivity contribution in [3.63, 3.8) is 0 Å². The second-order valence-electron chi connectivity index (χ2n) is 13.8. The molecule has 0 aromatic heterocycles. The Morgan fingerprint density at radius 3 is 2.00 bits per heavy atom. The number of aliphatic hydroxyl groups excluding tert-OH is 1. The molecule has 2 aromatic carbocycles. The second-order valence-corrected chi connectivity index (χ2v) is 13.8. The molecule has 44 heavy (non-hydrogen) atoms. The van der Waals surface area contributed by atoms with E-state index in [1.165, 1.54) is 99.3 Å². The molecule has 3 nitrogen and oxygen atoms in total. The number of rotatable bonds is 16. The van der Waals surface area contributed by atoms with Gasteiger partial charge in [0.15, 0.2) is 0 Å². The van der Waals surface area contributed by atoms with Gasteiger partial charge in [-0.25, -0.2) is 4.79 Å². The number of ether oxygens (including phenoxy) is 1. The van der Waals surface area contributed by atoms with Gasteiger partial charge in [0.2, 0.25) is 0 Å². The molecule has 1 unspecified atom stereocenters. The molecule has 1 N–H and O–H groups in total. The first-order valence-corrected chi connectivity index (χ1v) is 17.8. The molecule has 2 fully saturated rings. The van der Waals surface area contributed by atoms with Crippen molar-refractivity contribution in [2.75, 3.05) is 13.2 Å². The van der Waals surface area contributed by atoms with Crippen LogP contribution in [0.4, 0.5) is 0 Å². The summed E-state index contributed by atoms with van der Waals surface area (Å²) in [6.45, 7) is 8.29. The number of carbonyl (C=O) groups is 1. The lowest BCUT2D eigenvalue weighted by molar-refractivity contribution is -0.139. The first-order valence-electron chi connectivity index (χ1n) is 17.8. The Labute approximate surface area is 268 Å². The van der Waals surface area contributed by atoms with Crippen molar-refractivity contribution >= 4 is 5.97 Å². The van der Waals surface area contributed by atoms with Gasteiger partial charge < -0.3 is 9.84 Å². The lowest BCUT2D eigenvalue weighted by Gasteiger charge is -2.33. The molecule has 3 heteroatoms. The summed E-state index contributed by atoms with van der Waals surface area (Å²) in [5.74, 6) is 3.03. The summed E-state index contributed by atoms with van der Waals surface area (Å²) in [5, 5.41) is 9.64. The van der Waals surface area contributed by atoms with Gasteiger partial charge >= 0.3 is 5.97 Å². The topological polar surface area (TPSA) is 46.5 Å². The lowest BCUT2D eigenvalue weighted by Crippen LogP contribution is -2.23. The van der Waals surface area contributed by atoms with Gasteiger partial charge in [-0.1, -0.05) is 87.0 Å². The summed E-state index contributed by atoms with van der Waals surface area (Å²) in [4.78, 5) is 11.6. The molecule has 0 spiro atoms. The lowest BCUT2D eigenvalue weighted by atomic mass is 9.73. The predicted octanol–water partition coefficient (Wildman–Crippen LogP) is 10.6. The smallest absolute Gasteiger partial charge is 0.333 e. The van der Waals surface area contributed by atoms with Gasteiger partial charge in [0.05, 0.1) is 6.61 Å². The van der Waals surface area contributed by atoms with Gasteiger partial charge in [-0.2, -0.15) is 0 Å². The van der Waals surface area contributed by atoms with Crippen LogP contribution < -0.4 is 0 Å². The number of unbranched alkanes of at least 4 members (excludes halogenated alkanes) is 2. The van der Waals surface area contributed by atoms with Gasteiger partial charge in [0, 0.05) is 12.2 Å². The van der Waals surface area contributed by atoms with Crippen LogP contribution in [0.3, 0.4) is 0 Å². The van der Waals surface area contributed by atoms with Crippen molar-refractivity contribution in [3.05, 3.63) is 84.0 Å². The van der Waals surface area contributed by atoms with Crippen LogP contribution >= 0.6 is 0 Å². The van der Waals surface area contributed by atoms with E-state index >= 15 is 0 Å². The molecule has 1 atom stereocenters. The van der Waals surface area contributed by atoms with Crippen molar-refractivity contribution in [3.8, 4) is 11.1 Å². The highest BCUT2D eigenvalue weighted by Gasteiger charge is 2.27. The van der Waals surface area contributed by atoms with Crippen molar-refractivity contribution in [1.29, 1.82) is 0 Å². The highest BCUT2D eigenvalue weighted by Crippen LogP contribution is 2.40. The molecule has 240 valence electrons. The van der Waals surface area contributed by atoms with E-state index in [1.807, 2.05) is 0 Å². The van der Waals surface area contributed by atoms with E-state index in [9.17, 15) is 9.90 Å². The number of hydrogen-bond acceptors (Lipinski definition) is 3. The molecule has 0 saturated heterocycles.